The number of hydrogen-bond acceptors (Lipinski definition) is 6. The first-order valence-corrected chi connectivity index (χ1v) is 6.27. The van der Waals surface area contributed by atoms with E-state index in [-0.39, 0.29) is 23.7 Å². The summed E-state index contributed by atoms with van der Waals surface area (Å²) in [6, 6.07) is 2.99. The molecule has 1 N–H and O–H groups in total. The number of furan rings is 1. The third-order valence-corrected chi connectivity index (χ3v) is 2.62. The second kappa shape index (κ2) is 6.83. The van der Waals surface area contributed by atoms with E-state index in [1.54, 1.807) is 26.8 Å². The lowest BCUT2D eigenvalue weighted by Gasteiger charge is -2.16. The molecule has 21 heavy (non-hydrogen) atoms. The summed E-state index contributed by atoms with van der Waals surface area (Å²) in [5, 5.41) is 3.67. The van der Waals surface area contributed by atoms with Crippen LogP contribution in [0.25, 0.3) is 0 Å². The monoisotopic (exact) mass is 294 g/mol. The van der Waals surface area contributed by atoms with E-state index in [1.165, 1.54) is 19.4 Å². The predicted octanol–water partition coefficient (Wildman–Crippen LogP) is 1.54. The van der Waals surface area contributed by atoms with Crippen molar-refractivity contribution in [3.05, 3.63) is 24.2 Å². The Hall–Kier alpha value is -2.44. The Morgan fingerprint density at radius 3 is 2.48 bits per heavy atom. The summed E-state index contributed by atoms with van der Waals surface area (Å²) in [5.74, 6) is -1.54. The number of carbonyl (C=O) groups is 3. The number of carbonyl (C=O) groups excluding carboxylic acids is 3. The van der Waals surface area contributed by atoms with Crippen LogP contribution in [0.2, 0.25) is 0 Å². The molecule has 0 spiro atoms. The van der Waals surface area contributed by atoms with Crippen LogP contribution in [0.5, 0.6) is 0 Å². The number of ether oxygens (including phenoxy) is 1. The van der Waals surface area contributed by atoms with Gasteiger partial charge in [0, 0.05) is 5.41 Å². The molecule has 0 atom stereocenters. The van der Waals surface area contributed by atoms with Crippen LogP contribution in [-0.2, 0) is 14.3 Å². The highest BCUT2D eigenvalue weighted by atomic mass is 16.5. The van der Waals surface area contributed by atoms with Crippen LogP contribution in [0, 0.1) is 5.41 Å². The third-order valence-electron chi connectivity index (χ3n) is 2.62. The van der Waals surface area contributed by atoms with Gasteiger partial charge in [-0.2, -0.15) is 5.10 Å². The smallest absolute Gasteiger partial charge is 0.354 e. The molecule has 0 aromatic carbocycles. The van der Waals surface area contributed by atoms with Crippen LogP contribution in [0.1, 0.15) is 37.7 Å². The Morgan fingerprint density at radius 2 is 2.00 bits per heavy atom. The quantitative estimate of drug-likeness (QED) is 0.504. The van der Waals surface area contributed by atoms with E-state index < -0.39 is 17.3 Å². The average molecular weight is 294 g/mol. The normalized spacial score (nSPS) is 11.9. The summed E-state index contributed by atoms with van der Waals surface area (Å²) in [5.41, 5.74) is 1.37. The predicted molar refractivity (Wildman–Crippen MR) is 74.7 cm³/mol. The van der Waals surface area contributed by atoms with Gasteiger partial charge in [0.2, 0.25) is 0 Å². The standard InChI is InChI=1S/C14H18N2O5/c1-14(2,3)11(17)8-9(13(19)20-4)15-16-12(18)10-6-5-7-21-10/h5-7H,8H2,1-4H3,(H,16,18). The minimum Gasteiger partial charge on any atom is -0.464 e. The molecular weight excluding hydrogens is 276 g/mol. The number of methoxy groups -OCH3 is 1. The number of esters is 1. The lowest BCUT2D eigenvalue weighted by Crippen LogP contribution is -2.30. The summed E-state index contributed by atoms with van der Waals surface area (Å²) in [6.07, 6.45) is 1.11. The van der Waals surface area contributed by atoms with Crippen molar-refractivity contribution in [1.82, 2.24) is 5.43 Å². The molecule has 1 aromatic rings. The molecule has 0 saturated carbocycles. The maximum absolute atomic E-state index is 11.9. The van der Waals surface area contributed by atoms with Gasteiger partial charge in [-0.3, -0.25) is 9.59 Å². The summed E-state index contributed by atoms with van der Waals surface area (Å²) in [7, 11) is 1.17. The van der Waals surface area contributed by atoms with Crippen molar-refractivity contribution in [3.63, 3.8) is 0 Å². The molecule has 0 aliphatic carbocycles. The Kier molecular flexibility index (Phi) is 5.40. The maximum atomic E-state index is 11.9. The molecular formula is C14H18N2O5. The van der Waals surface area contributed by atoms with E-state index in [2.05, 4.69) is 15.3 Å². The maximum Gasteiger partial charge on any atom is 0.354 e. The molecule has 1 amide bonds. The topological polar surface area (TPSA) is 98.0 Å². The summed E-state index contributed by atoms with van der Waals surface area (Å²) in [4.78, 5) is 35.2. The van der Waals surface area contributed by atoms with Crippen molar-refractivity contribution in [1.29, 1.82) is 0 Å². The lowest BCUT2D eigenvalue weighted by molar-refractivity contribution is -0.134. The second-order valence-corrected chi connectivity index (χ2v) is 5.32. The van der Waals surface area contributed by atoms with E-state index in [0.717, 1.165) is 0 Å². The molecule has 1 aromatic heterocycles. The number of ketones is 1. The Bertz CT molecular complexity index is 552. The molecule has 1 heterocycles. The number of nitrogens with zero attached hydrogens (tertiary/aromatic N) is 1. The van der Waals surface area contributed by atoms with Gasteiger partial charge in [0.25, 0.3) is 0 Å². The zero-order valence-electron chi connectivity index (χ0n) is 12.4. The van der Waals surface area contributed by atoms with Crippen molar-refractivity contribution < 1.29 is 23.5 Å². The van der Waals surface area contributed by atoms with Gasteiger partial charge < -0.3 is 9.15 Å². The molecule has 114 valence electrons. The third kappa shape index (κ3) is 4.87. The minimum atomic E-state index is -0.771. The van der Waals surface area contributed by atoms with Gasteiger partial charge in [-0.1, -0.05) is 20.8 Å². The molecule has 0 aliphatic heterocycles. The molecule has 0 aliphatic rings. The zero-order valence-corrected chi connectivity index (χ0v) is 12.4. The SMILES string of the molecule is COC(=O)C(CC(=O)C(C)(C)C)=NNC(=O)c1ccco1. The highest BCUT2D eigenvalue weighted by Gasteiger charge is 2.26. The highest BCUT2D eigenvalue weighted by Crippen LogP contribution is 2.17. The van der Waals surface area contributed by atoms with Crippen molar-refractivity contribution in [3.8, 4) is 0 Å². The molecule has 0 fully saturated rings. The molecule has 7 nitrogen and oxygen atoms in total. The summed E-state index contributed by atoms with van der Waals surface area (Å²) in [6.45, 7) is 5.18. The Labute approximate surface area is 122 Å². The van der Waals surface area contributed by atoms with E-state index in [9.17, 15) is 14.4 Å². The van der Waals surface area contributed by atoms with Crippen LogP contribution in [0.3, 0.4) is 0 Å². The Morgan fingerprint density at radius 1 is 1.33 bits per heavy atom. The van der Waals surface area contributed by atoms with Crippen molar-refractivity contribution in [2.24, 2.45) is 10.5 Å². The van der Waals surface area contributed by atoms with Gasteiger partial charge in [-0.15, -0.1) is 0 Å². The second-order valence-electron chi connectivity index (χ2n) is 5.32. The number of hydrazone groups is 1. The number of amides is 1. The minimum absolute atomic E-state index is 0.0464. The van der Waals surface area contributed by atoms with Gasteiger partial charge in [0.05, 0.1) is 19.8 Å². The lowest BCUT2D eigenvalue weighted by atomic mass is 9.88. The van der Waals surface area contributed by atoms with Crippen LogP contribution in [0.4, 0.5) is 0 Å². The number of rotatable bonds is 5. The molecule has 1 rings (SSSR count). The first kappa shape index (κ1) is 16.6. The van der Waals surface area contributed by atoms with E-state index in [1.807, 2.05) is 0 Å². The van der Waals surface area contributed by atoms with Crippen LogP contribution in [0.15, 0.2) is 27.9 Å². The fourth-order valence-electron chi connectivity index (χ4n) is 1.27. The van der Waals surface area contributed by atoms with Crippen LogP contribution < -0.4 is 5.43 Å². The summed E-state index contributed by atoms with van der Waals surface area (Å²) < 4.78 is 9.44. The van der Waals surface area contributed by atoms with Gasteiger partial charge >= 0.3 is 11.9 Å². The number of Topliss-reactive ketones (excluding diaryl/α,β-unsaturated/α-hetero) is 1. The molecule has 0 unspecified atom stereocenters. The number of hydrogen-bond donors (Lipinski definition) is 1. The largest absolute Gasteiger partial charge is 0.464 e. The molecule has 7 heteroatoms. The molecule has 0 saturated heterocycles. The van der Waals surface area contributed by atoms with E-state index in [0.29, 0.717) is 0 Å². The van der Waals surface area contributed by atoms with Gasteiger partial charge in [-0.05, 0) is 12.1 Å². The van der Waals surface area contributed by atoms with Gasteiger partial charge in [0.15, 0.2) is 11.5 Å². The number of nitrogens with one attached hydrogen (secondary N) is 1. The van der Waals surface area contributed by atoms with E-state index in [4.69, 9.17) is 4.42 Å². The van der Waals surface area contributed by atoms with Crippen LogP contribution >= 0.6 is 0 Å². The average Bonchev–Trinajstić information content (AvgIpc) is 2.94. The molecule has 0 radical (unpaired) electrons. The van der Waals surface area contributed by atoms with Crippen molar-refractivity contribution in [2.45, 2.75) is 27.2 Å². The van der Waals surface area contributed by atoms with E-state index >= 15 is 0 Å². The zero-order chi connectivity index (χ0) is 16.0. The van der Waals surface area contributed by atoms with Crippen molar-refractivity contribution >= 4 is 23.4 Å². The first-order chi connectivity index (χ1) is 9.75. The van der Waals surface area contributed by atoms with Crippen molar-refractivity contribution in [2.75, 3.05) is 7.11 Å². The first-order valence-electron chi connectivity index (χ1n) is 6.27. The van der Waals surface area contributed by atoms with Gasteiger partial charge in [0.1, 0.15) is 5.78 Å². The molecule has 0 bridgehead atoms. The van der Waals surface area contributed by atoms with Crippen LogP contribution in [-0.4, -0.2) is 30.5 Å². The van der Waals surface area contributed by atoms with Gasteiger partial charge in [-0.25, -0.2) is 10.2 Å². The fraction of sp³-hybridized carbons (Fsp3) is 0.429. The Balaban J connectivity index is 2.83. The fourth-order valence-corrected chi connectivity index (χ4v) is 1.27. The highest BCUT2D eigenvalue weighted by molar-refractivity contribution is 6.40. The summed E-state index contributed by atoms with van der Waals surface area (Å²) >= 11 is 0.